The molecule has 1 heterocycles. The first-order chi connectivity index (χ1) is 11.7. The third kappa shape index (κ3) is 2.46. The van der Waals surface area contributed by atoms with Crippen molar-refractivity contribution in [2.75, 3.05) is 7.11 Å². The molecule has 0 spiro atoms. The van der Waals surface area contributed by atoms with Crippen LogP contribution in [0.3, 0.4) is 0 Å². The average molecular weight is 343 g/mol. The average Bonchev–Trinajstić information content (AvgIpc) is 3.11. The van der Waals surface area contributed by atoms with E-state index in [-0.39, 0.29) is 6.10 Å². The third-order valence-corrected chi connectivity index (χ3v) is 4.48. The van der Waals surface area contributed by atoms with Crippen LogP contribution in [0.2, 0.25) is 5.02 Å². The number of aliphatic hydroxyl groups is 1. The highest BCUT2D eigenvalue weighted by Gasteiger charge is 2.37. The molecule has 0 saturated heterocycles. The first-order valence-corrected chi connectivity index (χ1v) is 8.15. The van der Waals surface area contributed by atoms with E-state index in [1.165, 1.54) is 0 Å². The van der Waals surface area contributed by atoms with Gasteiger partial charge in [0.15, 0.2) is 17.1 Å². The second kappa shape index (κ2) is 5.92. The minimum absolute atomic E-state index is 0.381. The van der Waals surface area contributed by atoms with Gasteiger partial charge in [0.25, 0.3) is 0 Å². The van der Waals surface area contributed by atoms with E-state index in [1.54, 1.807) is 7.11 Å². The fraction of sp³-hybridized carbons (Fsp3) is 0.222. The zero-order valence-electron chi connectivity index (χ0n) is 13.2. The second-order valence-corrected chi connectivity index (χ2v) is 6.24. The van der Waals surface area contributed by atoms with Gasteiger partial charge in [0.05, 0.1) is 13.2 Å². The zero-order chi connectivity index (χ0) is 16.7. The van der Waals surface area contributed by atoms with Crippen molar-refractivity contribution in [2.45, 2.75) is 18.9 Å². The SMILES string of the molecule is COc1ccccc1-n1nc2c([n+]1-c1ccc(Cl)cc1)C[C@H](O)C2. The minimum Gasteiger partial charge on any atom is -0.494 e. The van der Waals surface area contributed by atoms with E-state index in [4.69, 9.17) is 21.4 Å². The molecule has 4 rings (SSSR count). The van der Waals surface area contributed by atoms with Crippen molar-refractivity contribution in [2.24, 2.45) is 0 Å². The van der Waals surface area contributed by atoms with Crippen LogP contribution in [0.4, 0.5) is 0 Å². The highest BCUT2D eigenvalue weighted by molar-refractivity contribution is 6.30. The number of nitrogens with zero attached hydrogens (tertiary/aromatic N) is 3. The molecule has 1 N–H and O–H groups in total. The number of benzene rings is 2. The molecule has 0 bridgehead atoms. The van der Waals surface area contributed by atoms with Crippen molar-refractivity contribution in [1.82, 2.24) is 9.90 Å². The van der Waals surface area contributed by atoms with Crippen LogP contribution in [0.15, 0.2) is 48.5 Å². The van der Waals surface area contributed by atoms with Gasteiger partial charge in [-0.3, -0.25) is 0 Å². The summed E-state index contributed by atoms with van der Waals surface area (Å²) >= 11 is 6.03. The Bertz CT molecular complexity index is 890. The molecule has 0 unspecified atom stereocenters. The van der Waals surface area contributed by atoms with Crippen molar-refractivity contribution in [3.8, 4) is 17.1 Å². The van der Waals surface area contributed by atoms with Crippen LogP contribution in [0.5, 0.6) is 5.75 Å². The lowest BCUT2D eigenvalue weighted by molar-refractivity contribution is -0.686. The smallest absolute Gasteiger partial charge is 0.225 e. The first-order valence-electron chi connectivity index (χ1n) is 7.78. The summed E-state index contributed by atoms with van der Waals surface area (Å²) < 4.78 is 7.50. The fourth-order valence-electron chi connectivity index (χ4n) is 3.14. The Hall–Kier alpha value is -2.37. The molecule has 0 amide bonds. The van der Waals surface area contributed by atoms with Gasteiger partial charge < -0.3 is 9.84 Å². The minimum atomic E-state index is -0.381. The Morgan fingerprint density at radius 3 is 2.67 bits per heavy atom. The van der Waals surface area contributed by atoms with E-state index in [9.17, 15) is 5.11 Å². The van der Waals surface area contributed by atoms with E-state index < -0.39 is 0 Å². The summed E-state index contributed by atoms with van der Waals surface area (Å²) in [6.07, 6.45) is 0.756. The molecule has 0 fully saturated rings. The molecule has 0 radical (unpaired) electrons. The van der Waals surface area contributed by atoms with Gasteiger partial charge in [-0.25, -0.2) is 0 Å². The van der Waals surface area contributed by atoms with Gasteiger partial charge in [-0.05, 0) is 41.2 Å². The Kier molecular flexibility index (Phi) is 3.75. The summed E-state index contributed by atoms with van der Waals surface area (Å²) in [5, 5.41) is 15.4. The van der Waals surface area contributed by atoms with Crippen molar-refractivity contribution in [1.29, 1.82) is 0 Å². The number of ether oxygens (including phenoxy) is 1. The highest BCUT2D eigenvalue weighted by atomic mass is 35.5. The van der Waals surface area contributed by atoms with Crippen LogP contribution in [0, 0.1) is 0 Å². The number of para-hydroxylation sites is 2. The molecular formula is C18H17ClN3O2+. The summed E-state index contributed by atoms with van der Waals surface area (Å²) in [5.41, 5.74) is 3.70. The van der Waals surface area contributed by atoms with Crippen LogP contribution < -0.4 is 9.42 Å². The van der Waals surface area contributed by atoms with Gasteiger partial charge in [-0.1, -0.05) is 23.7 Å². The van der Waals surface area contributed by atoms with E-state index in [0.29, 0.717) is 17.9 Å². The highest BCUT2D eigenvalue weighted by Crippen LogP contribution is 2.25. The van der Waals surface area contributed by atoms with Gasteiger partial charge >= 0.3 is 0 Å². The molecule has 1 aromatic heterocycles. The Morgan fingerprint density at radius 1 is 1.17 bits per heavy atom. The van der Waals surface area contributed by atoms with Crippen molar-refractivity contribution >= 4 is 11.6 Å². The maximum Gasteiger partial charge on any atom is 0.225 e. The normalized spacial score (nSPS) is 16.2. The van der Waals surface area contributed by atoms with Crippen molar-refractivity contribution in [3.63, 3.8) is 0 Å². The maximum absolute atomic E-state index is 10.0. The number of hydrogen-bond donors (Lipinski definition) is 1. The molecule has 122 valence electrons. The number of fused-ring (bicyclic) bond motifs is 1. The fourth-order valence-corrected chi connectivity index (χ4v) is 3.26. The molecule has 5 nitrogen and oxygen atoms in total. The summed E-state index contributed by atoms with van der Waals surface area (Å²) in [6, 6.07) is 15.3. The Morgan fingerprint density at radius 2 is 1.92 bits per heavy atom. The maximum atomic E-state index is 10.0. The molecular weight excluding hydrogens is 326 g/mol. The molecule has 24 heavy (non-hydrogen) atoms. The van der Waals surface area contributed by atoms with Crippen molar-refractivity contribution < 1.29 is 14.5 Å². The van der Waals surface area contributed by atoms with Crippen LogP contribution in [0.25, 0.3) is 11.4 Å². The summed E-state index contributed by atoms with van der Waals surface area (Å²) in [5.74, 6) is 0.738. The van der Waals surface area contributed by atoms with E-state index in [1.807, 2.05) is 58.0 Å². The predicted octanol–water partition coefficient (Wildman–Crippen LogP) is 2.27. The number of rotatable bonds is 3. The first kappa shape index (κ1) is 15.2. The number of hydrogen-bond acceptors (Lipinski definition) is 3. The third-order valence-electron chi connectivity index (χ3n) is 4.22. The lowest BCUT2D eigenvalue weighted by atomic mass is 10.2. The van der Waals surface area contributed by atoms with Gasteiger partial charge in [-0.15, -0.1) is 4.68 Å². The molecule has 0 aliphatic heterocycles. The Labute approximate surface area is 144 Å². The van der Waals surface area contributed by atoms with Crippen LogP contribution >= 0.6 is 11.6 Å². The number of aliphatic hydroxyl groups excluding tert-OH is 1. The number of aromatic nitrogens is 3. The lowest BCUT2D eigenvalue weighted by Gasteiger charge is -2.09. The molecule has 0 saturated carbocycles. The largest absolute Gasteiger partial charge is 0.494 e. The van der Waals surface area contributed by atoms with Gasteiger partial charge in [0.1, 0.15) is 5.75 Å². The van der Waals surface area contributed by atoms with Crippen LogP contribution in [-0.2, 0) is 12.8 Å². The molecule has 1 aliphatic rings. The van der Waals surface area contributed by atoms with E-state index >= 15 is 0 Å². The molecule has 6 heteroatoms. The van der Waals surface area contributed by atoms with Gasteiger partial charge in [0, 0.05) is 23.0 Å². The quantitative estimate of drug-likeness (QED) is 0.743. The molecule has 1 atom stereocenters. The van der Waals surface area contributed by atoms with Gasteiger partial charge in [-0.2, -0.15) is 0 Å². The van der Waals surface area contributed by atoms with Crippen LogP contribution in [-0.4, -0.2) is 28.2 Å². The topological polar surface area (TPSA) is 51.2 Å². The molecule has 1 aliphatic carbocycles. The van der Waals surface area contributed by atoms with Crippen LogP contribution in [0.1, 0.15) is 11.4 Å². The summed E-state index contributed by atoms with van der Waals surface area (Å²) in [4.78, 5) is 1.83. The second-order valence-electron chi connectivity index (χ2n) is 5.80. The predicted molar refractivity (Wildman–Crippen MR) is 90.1 cm³/mol. The van der Waals surface area contributed by atoms with E-state index in [2.05, 4.69) is 0 Å². The van der Waals surface area contributed by atoms with Crippen molar-refractivity contribution in [3.05, 3.63) is 64.9 Å². The number of halogens is 1. The lowest BCUT2D eigenvalue weighted by Crippen LogP contribution is -2.44. The number of methoxy groups -OCH3 is 1. The molecule has 2 aromatic carbocycles. The standard InChI is InChI=1S/C18H17ClN3O2/c1-24-18-5-3-2-4-16(18)22-20-15-10-14(23)11-17(15)21(22)13-8-6-12(19)7-9-13/h2-9,14,23H,10-11H2,1H3/q+1/t14-/m1/s1. The zero-order valence-corrected chi connectivity index (χ0v) is 13.9. The molecule has 3 aromatic rings. The Balaban J connectivity index is 1.95. The monoisotopic (exact) mass is 342 g/mol. The van der Waals surface area contributed by atoms with E-state index in [0.717, 1.165) is 28.5 Å². The van der Waals surface area contributed by atoms with Gasteiger partial charge in [0.2, 0.25) is 5.69 Å². The summed E-state index contributed by atoms with van der Waals surface area (Å²) in [6.45, 7) is 0. The summed E-state index contributed by atoms with van der Waals surface area (Å²) in [7, 11) is 1.65.